The number of carbonyl (C=O) groups excluding carboxylic acids is 1. The Balaban J connectivity index is 1.38. The van der Waals surface area contributed by atoms with E-state index < -0.39 is 0 Å². The molecule has 0 atom stereocenters. The number of carbonyl (C=O) groups is 1. The molecule has 0 bridgehead atoms. The summed E-state index contributed by atoms with van der Waals surface area (Å²) < 4.78 is 9.48. The van der Waals surface area contributed by atoms with Crippen LogP contribution in [0.3, 0.4) is 0 Å². The second-order valence-corrected chi connectivity index (χ2v) is 9.55. The molecule has 2 saturated heterocycles. The Bertz CT molecular complexity index is 1390. The lowest BCUT2D eigenvalue weighted by Gasteiger charge is -2.38. The highest BCUT2D eigenvalue weighted by Gasteiger charge is 2.29. The van der Waals surface area contributed by atoms with E-state index in [4.69, 9.17) is 31.4 Å². The first-order chi connectivity index (χ1) is 17.0. The lowest BCUT2D eigenvalue weighted by atomic mass is 10.0. The van der Waals surface area contributed by atoms with Gasteiger partial charge in [0.15, 0.2) is 11.5 Å². The molecule has 1 aromatic carbocycles. The molecule has 0 spiro atoms. The predicted octanol–water partition coefficient (Wildman–Crippen LogP) is 3.25. The molecule has 2 fully saturated rings. The normalized spacial score (nSPS) is 16.6. The maximum absolute atomic E-state index is 11.6. The molecular weight excluding hydrogens is 466 g/mol. The minimum Gasteiger partial charge on any atom is -0.378 e. The number of amides is 1. The fourth-order valence-electron chi connectivity index (χ4n) is 4.78. The number of benzene rings is 1. The van der Waals surface area contributed by atoms with Gasteiger partial charge < -0.3 is 19.1 Å². The van der Waals surface area contributed by atoms with Gasteiger partial charge in [0.2, 0.25) is 5.91 Å². The Morgan fingerprint density at radius 3 is 2.77 bits per heavy atom. The molecule has 0 aliphatic carbocycles. The van der Waals surface area contributed by atoms with Crippen molar-refractivity contribution in [2.75, 3.05) is 44.3 Å². The van der Waals surface area contributed by atoms with Crippen molar-refractivity contribution in [3.8, 4) is 17.1 Å². The van der Waals surface area contributed by atoms with Gasteiger partial charge in [-0.3, -0.25) is 4.79 Å². The quantitative estimate of drug-likeness (QED) is 0.426. The number of fused-ring (bicyclic) bond motifs is 1. The number of rotatable bonds is 5. The van der Waals surface area contributed by atoms with Crippen LogP contribution in [0.5, 0.6) is 0 Å². The van der Waals surface area contributed by atoms with E-state index in [1.54, 1.807) is 11.6 Å². The first-order valence-electron chi connectivity index (χ1n) is 11.8. The van der Waals surface area contributed by atoms with E-state index in [2.05, 4.69) is 15.5 Å². The van der Waals surface area contributed by atoms with Crippen LogP contribution in [0.1, 0.15) is 6.92 Å². The van der Waals surface area contributed by atoms with E-state index in [1.165, 1.54) is 0 Å². The molecular formula is C25H26ClN7O2. The Morgan fingerprint density at radius 1 is 1.17 bits per heavy atom. The molecule has 2 aliphatic heterocycles. The molecule has 5 heterocycles. The Morgan fingerprint density at radius 2 is 2.00 bits per heavy atom. The zero-order valence-corrected chi connectivity index (χ0v) is 20.2. The molecule has 2 aliphatic rings. The smallest absolute Gasteiger partial charge is 0.219 e. The van der Waals surface area contributed by atoms with Crippen LogP contribution >= 0.6 is 11.6 Å². The van der Waals surface area contributed by atoms with Gasteiger partial charge in [-0.15, -0.1) is 0 Å². The molecule has 0 radical (unpaired) electrons. The largest absolute Gasteiger partial charge is 0.378 e. The molecule has 180 valence electrons. The fourth-order valence-corrected chi connectivity index (χ4v) is 4.97. The minimum absolute atomic E-state index is 0.126. The summed E-state index contributed by atoms with van der Waals surface area (Å²) in [6.07, 6.45) is 3.78. The monoisotopic (exact) mass is 491 g/mol. The number of hydrogen-bond donors (Lipinski definition) is 0. The number of hydrogen-bond acceptors (Lipinski definition) is 6. The van der Waals surface area contributed by atoms with E-state index in [0.717, 1.165) is 66.7 Å². The fraction of sp³-hybridized carbons (Fsp3) is 0.360. The van der Waals surface area contributed by atoms with Crippen molar-refractivity contribution >= 4 is 34.4 Å². The molecule has 10 heteroatoms. The van der Waals surface area contributed by atoms with Crippen LogP contribution in [0, 0.1) is 5.92 Å². The standard InChI is InChI=1S/C25H26ClN7O2/c1-17(34)31-13-18(14-31)15-32-16-27-24-22(30-7-9-35-10-8-30)12-23(28-25(24)32)33-6-5-21(29-33)19-3-2-4-20(26)11-19/h2-6,11-12,16,18H,7-10,13-15H2,1H3. The molecule has 9 nitrogen and oxygen atoms in total. The summed E-state index contributed by atoms with van der Waals surface area (Å²) in [5.41, 5.74) is 4.52. The van der Waals surface area contributed by atoms with Gasteiger partial charge in [0.05, 0.1) is 30.9 Å². The molecule has 0 saturated carbocycles. The van der Waals surface area contributed by atoms with E-state index in [-0.39, 0.29) is 5.91 Å². The van der Waals surface area contributed by atoms with Crippen LogP contribution < -0.4 is 4.90 Å². The van der Waals surface area contributed by atoms with Crippen LogP contribution in [-0.4, -0.2) is 74.5 Å². The van der Waals surface area contributed by atoms with Gasteiger partial charge in [-0.1, -0.05) is 23.7 Å². The maximum Gasteiger partial charge on any atom is 0.219 e. The summed E-state index contributed by atoms with van der Waals surface area (Å²) >= 11 is 6.19. The van der Waals surface area contributed by atoms with Gasteiger partial charge in [-0.2, -0.15) is 5.10 Å². The average molecular weight is 492 g/mol. The highest BCUT2D eigenvalue weighted by atomic mass is 35.5. The summed E-state index contributed by atoms with van der Waals surface area (Å²) in [7, 11) is 0. The van der Waals surface area contributed by atoms with Gasteiger partial charge in [0.25, 0.3) is 0 Å². The number of halogens is 1. The zero-order chi connectivity index (χ0) is 23.9. The maximum atomic E-state index is 11.6. The number of imidazole rings is 1. The van der Waals surface area contributed by atoms with Crippen LogP contribution in [0.25, 0.3) is 28.2 Å². The number of anilines is 1. The second kappa shape index (κ2) is 8.98. The second-order valence-electron chi connectivity index (χ2n) is 9.11. The Kier molecular flexibility index (Phi) is 5.66. The van der Waals surface area contributed by atoms with Gasteiger partial charge in [0, 0.05) is 68.4 Å². The van der Waals surface area contributed by atoms with E-state index in [9.17, 15) is 4.79 Å². The molecule has 0 N–H and O–H groups in total. The molecule has 0 unspecified atom stereocenters. The minimum atomic E-state index is 0.126. The predicted molar refractivity (Wildman–Crippen MR) is 134 cm³/mol. The van der Waals surface area contributed by atoms with Gasteiger partial charge >= 0.3 is 0 Å². The molecule has 1 amide bonds. The van der Waals surface area contributed by atoms with E-state index >= 15 is 0 Å². The lowest BCUT2D eigenvalue weighted by Crippen LogP contribution is -2.50. The topological polar surface area (TPSA) is 81.3 Å². The number of nitrogens with zero attached hydrogens (tertiary/aromatic N) is 7. The van der Waals surface area contributed by atoms with Crippen molar-refractivity contribution in [1.29, 1.82) is 0 Å². The van der Waals surface area contributed by atoms with E-state index in [1.807, 2.05) is 47.8 Å². The molecule has 3 aromatic heterocycles. The summed E-state index contributed by atoms with van der Waals surface area (Å²) in [6.45, 7) is 6.90. The summed E-state index contributed by atoms with van der Waals surface area (Å²) in [5, 5.41) is 5.47. The third-order valence-electron chi connectivity index (χ3n) is 6.69. The lowest BCUT2D eigenvalue weighted by molar-refractivity contribution is -0.135. The summed E-state index contributed by atoms with van der Waals surface area (Å²) in [5.74, 6) is 1.25. The van der Waals surface area contributed by atoms with Gasteiger partial charge in [-0.25, -0.2) is 14.6 Å². The van der Waals surface area contributed by atoms with Crippen molar-refractivity contribution in [3.63, 3.8) is 0 Å². The number of pyridine rings is 1. The summed E-state index contributed by atoms with van der Waals surface area (Å²) in [6, 6.07) is 11.7. The number of aromatic nitrogens is 5. The first-order valence-corrected chi connectivity index (χ1v) is 12.2. The van der Waals surface area contributed by atoms with Crippen molar-refractivity contribution in [2.24, 2.45) is 5.92 Å². The van der Waals surface area contributed by atoms with Crippen molar-refractivity contribution < 1.29 is 9.53 Å². The van der Waals surface area contributed by atoms with E-state index in [0.29, 0.717) is 24.2 Å². The third-order valence-corrected chi connectivity index (χ3v) is 6.93. The van der Waals surface area contributed by atoms with Gasteiger partial charge in [-0.05, 0) is 18.2 Å². The number of likely N-dealkylation sites (tertiary alicyclic amines) is 1. The molecule has 4 aromatic rings. The average Bonchev–Trinajstić information content (AvgIpc) is 3.48. The zero-order valence-electron chi connectivity index (χ0n) is 19.5. The third kappa shape index (κ3) is 4.26. The molecule has 35 heavy (non-hydrogen) atoms. The van der Waals surface area contributed by atoms with Gasteiger partial charge in [0.1, 0.15) is 5.52 Å². The highest BCUT2D eigenvalue weighted by molar-refractivity contribution is 6.30. The summed E-state index contributed by atoms with van der Waals surface area (Å²) in [4.78, 5) is 25.5. The number of ether oxygens (including phenoxy) is 1. The number of morpholine rings is 1. The molecule has 6 rings (SSSR count). The van der Waals surface area contributed by atoms with Crippen molar-refractivity contribution in [1.82, 2.24) is 29.2 Å². The highest BCUT2D eigenvalue weighted by Crippen LogP contribution is 2.30. The van der Waals surface area contributed by atoms with Crippen molar-refractivity contribution in [3.05, 3.63) is 53.9 Å². The first kappa shape index (κ1) is 22.1. The van der Waals surface area contributed by atoms with Crippen LogP contribution in [0.15, 0.2) is 48.9 Å². The van der Waals surface area contributed by atoms with Crippen molar-refractivity contribution in [2.45, 2.75) is 13.5 Å². The Hall–Kier alpha value is -3.43. The van der Waals surface area contributed by atoms with Crippen LogP contribution in [-0.2, 0) is 16.1 Å². The Labute approximate surface area is 207 Å². The SMILES string of the molecule is CC(=O)N1CC(Cn2cnc3c(N4CCOCC4)cc(-n4ccc(-c5cccc(Cl)c5)n4)nc32)C1. The van der Waals surface area contributed by atoms with Crippen LogP contribution in [0.2, 0.25) is 5.02 Å². The van der Waals surface area contributed by atoms with Crippen LogP contribution in [0.4, 0.5) is 5.69 Å².